The zero-order valence-electron chi connectivity index (χ0n) is 12.2. The van der Waals surface area contributed by atoms with E-state index in [2.05, 4.69) is 0 Å². The highest BCUT2D eigenvalue weighted by molar-refractivity contribution is 7.54. The van der Waals surface area contributed by atoms with E-state index in [0.29, 0.717) is 13.0 Å². The number of rotatable bonds is 5. The zero-order valence-corrected chi connectivity index (χ0v) is 13.1. The Morgan fingerprint density at radius 2 is 1.95 bits per heavy atom. The first-order valence-corrected chi connectivity index (χ1v) is 8.40. The number of hydrogen-bond acceptors (Lipinski definition) is 5. The Bertz CT molecular complexity index is 513. The van der Waals surface area contributed by atoms with Crippen LogP contribution in [0.3, 0.4) is 0 Å². The van der Waals surface area contributed by atoms with Crippen LogP contribution in [0.4, 0.5) is 4.79 Å². The highest BCUT2D eigenvalue weighted by Crippen LogP contribution is 2.56. The zero-order chi connectivity index (χ0) is 15.3. The van der Waals surface area contributed by atoms with Gasteiger partial charge < -0.3 is 13.8 Å². The highest BCUT2D eigenvalue weighted by Gasteiger charge is 2.44. The molecule has 1 unspecified atom stereocenters. The van der Waals surface area contributed by atoms with E-state index in [4.69, 9.17) is 13.8 Å². The van der Waals surface area contributed by atoms with Crippen molar-refractivity contribution >= 4 is 13.7 Å². The fraction of sp³-hybridized carbons (Fsp3) is 0.500. The van der Waals surface area contributed by atoms with Crippen LogP contribution in [0, 0.1) is 0 Å². The molecule has 116 valence electrons. The molecule has 0 aromatic heterocycles. The van der Waals surface area contributed by atoms with Crippen LogP contribution in [-0.2, 0) is 25.0 Å². The quantitative estimate of drug-likeness (QED) is 0.781. The lowest BCUT2D eigenvalue weighted by Crippen LogP contribution is -2.36. The molecule has 6 nitrogen and oxygen atoms in total. The first-order chi connectivity index (χ1) is 10.1. The Labute approximate surface area is 124 Å². The summed E-state index contributed by atoms with van der Waals surface area (Å²) < 4.78 is 27.7. The van der Waals surface area contributed by atoms with Crippen molar-refractivity contribution in [2.75, 3.05) is 20.8 Å². The number of ether oxygens (including phenoxy) is 1. The van der Waals surface area contributed by atoms with Crippen molar-refractivity contribution in [3.8, 4) is 0 Å². The molecule has 0 radical (unpaired) electrons. The van der Waals surface area contributed by atoms with Crippen LogP contribution < -0.4 is 0 Å². The fourth-order valence-corrected chi connectivity index (χ4v) is 4.10. The van der Waals surface area contributed by atoms with Gasteiger partial charge in [-0.15, -0.1) is 0 Å². The molecule has 1 saturated heterocycles. The number of carbonyl (C=O) groups excluding carboxylic acids is 1. The van der Waals surface area contributed by atoms with Crippen molar-refractivity contribution in [1.29, 1.82) is 0 Å². The topological polar surface area (TPSA) is 65.1 Å². The maximum atomic E-state index is 12.4. The van der Waals surface area contributed by atoms with Crippen LogP contribution in [0.5, 0.6) is 0 Å². The number of likely N-dealkylation sites (tertiary alicyclic amines) is 1. The molecule has 1 aromatic rings. The predicted octanol–water partition coefficient (Wildman–Crippen LogP) is 3.23. The number of hydrogen-bond donors (Lipinski definition) is 0. The van der Waals surface area contributed by atoms with E-state index >= 15 is 0 Å². The third kappa shape index (κ3) is 3.64. The van der Waals surface area contributed by atoms with Gasteiger partial charge in [0.15, 0.2) is 0 Å². The van der Waals surface area contributed by atoms with E-state index in [1.807, 2.05) is 30.3 Å². The van der Waals surface area contributed by atoms with Crippen LogP contribution in [0.1, 0.15) is 18.4 Å². The number of benzene rings is 1. The van der Waals surface area contributed by atoms with Crippen LogP contribution in [0.2, 0.25) is 0 Å². The average molecular weight is 313 g/mol. The molecule has 0 spiro atoms. The van der Waals surface area contributed by atoms with Gasteiger partial charge in [0, 0.05) is 20.8 Å². The minimum Gasteiger partial charge on any atom is -0.445 e. The standard InChI is InChI=1S/C14H20NO5P/c1-18-21(17,19-2)13-9-6-10-15(13)14(16)20-11-12-7-4-3-5-8-12/h3-5,7-8,13H,6,9-11H2,1-2H3. The molecule has 1 atom stereocenters. The van der Waals surface area contributed by atoms with Gasteiger partial charge in [0.25, 0.3) is 0 Å². The van der Waals surface area contributed by atoms with E-state index in [1.54, 1.807) is 0 Å². The molecule has 1 aromatic carbocycles. The van der Waals surface area contributed by atoms with Crippen LogP contribution >= 0.6 is 7.60 Å². The third-order valence-corrected chi connectivity index (χ3v) is 5.82. The van der Waals surface area contributed by atoms with Gasteiger partial charge in [-0.2, -0.15) is 0 Å². The number of nitrogens with zero attached hydrogens (tertiary/aromatic N) is 1. The Kier molecular flexibility index (Phi) is 5.39. The van der Waals surface area contributed by atoms with Gasteiger partial charge in [-0.05, 0) is 18.4 Å². The first kappa shape index (κ1) is 16.0. The molecule has 1 aliphatic heterocycles. The first-order valence-electron chi connectivity index (χ1n) is 6.79. The lowest BCUT2D eigenvalue weighted by molar-refractivity contribution is 0.0956. The van der Waals surface area contributed by atoms with Gasteiger partial charge in [-0.1, -0.05) is 30.3 Å². The van der Waals surface area contributed by atoms with Crippen molar-refractivity contribution in [2.45, 2.75) is 25.2 Å². The molecular weight excluding hydrogens is 293 g/mol. The Morgan fingerprint density at radius 3 is 2.57 bits per heavy atom. The molecule has 2 rings (SSSR count). The summed E-state index contributed by atoms with van der Waals surface area (Å²) in [6, 6.07) is 9.42. The fourth-order valence-electron chi connectivity index (χ4n) is 2.41. The maximum absolute atomic E-state index is 12.4. The number of amides is 1. The van der Waals surface area contributed by atoms with Crippen LogP contribution in [0.25, 0.3) is 0 Å². The smallest absolute Gasteiger partial charge is 0.410 e. The molecule has 21 heavy (non-hydrogen) atoms. The summed E-state index contributed by atoms with van der Waals surface area (Å²) in [6.07, 6.45) is 0.844. The summed E-state index contributed by atoms with van der Waals surface area (Å²) in [5.41, 5.74) is 0.906. The molecule has 1 aliphatic rings. The minimum absolute atomic E-state index is 0.188. The maximum Gasteiger partial charge on any atom is 0.410 e. The van der Waals surface area contributed by atoms with E-state index in [0.717, 1.165) is 12.0 Å². The van der Waals surface area contributed by atoms with Gasteiger partial charge in [-0.3, -0.25) is 9.46 Å². The van der Waals surface area contributed by atoms with E-state index in [-0.39, 0.29) is 6.61 Å². The van der Waals surface area contributed by atoms with E-state index in [1.165, 1.54) is 19.1 Å². The summed E-state index contributed by atoms with van der Waals surface area (Å²) in [7, 11) is -0.650. The van der Waals surface area contributed by atoms with Crippen LogP contribution in [0.15, 0.2) is 30.3 Å². The second kappa shape index (κ2) is 7.07. The summed E-state index contributed by atoms with van der Waals surface area (Å²) in [5.74, 6) is -0.573. The lowest BCUT2D eigenvalue weighted by Gasteiger charge is -2.28. The highest BCUT2D eigenvalue weighted by atomic mass is 31.2. The molecule has 1 fully saturated rings. The van der Waals surface area contributed by atoms with Crippen molar-refractivity contribution in [1.82, 2.24) is 4.90 Å². The summed E-state index contributed by atoms with van der Waals surface area (Å²) in [4.78, 5) is 13.6. The van der Waals surface area contributed by atoms with Gasteiger partial charge in [0.2, 0.25) is 0 Å². The molecule has 1 amide bonds. The molecule has 0 bridgehead atoms. The van der Waals surface area contributed by atoms with Crippen molar-refractivity contribution in [3.05, 3.63) is 35.9 Å². The van der Waals surface area contributed by atoms with Crippen LogP contribution in [-0.4, -0.2) is 37.5 Å². The van der Waals surface area contributed by atoms with Gasteiger partial charge >= 0.3 is 13.7 Å². The van der Waals surface area contributed by atoms with Gasteiger partial charge in [-0.25, -0.2) is 4.79 Å². The average Bonchev–Trinajstić information content (AvgIpc) is 3.03. The Morgan fingerprint density at radius 1 is 1.29 bits per heavy atom. The molecule has 0 N–H and O–H groups in total. The second-order valence-corrected chi connectivity index (χ2v) is 7.17. The van der Waals surface area contributed by atoms with E-state index < -0.39 is 19.5 Å². The Hall–Kier alpha value is -1.36. The molecular formula is C14H20NO5P. The molecule has 0 aliphatic carbocycles. The van der Waals surface area contributed by atoms with Gasteiger partial charge in [0.1, 0.15) is 12.4 Å². The Balaban J connectivity index is 1.99. The molecule has 7 heteroatoms. The van der Waals surface area contributed by atoms with Crippen molar-refractivity contribution < 1.29 is 23.1 Å². The lowest BCUT2D eigenvalue weighted by atomic mass is 10.2. The monoisotopic (exact) mass is 313 g/mol. The second-order valence-electron chi connectivity index (χ2n) is 4.76. The third-order valence-electron chi connectivity index (χ3n) is 3.53. The SMILES string of the molecule is COP(=O)(OC)C1CCCN1C(=O)OCc1ccccc1. The molecule has 1 heterocycles. The summed E-state index contributed by atoms with van der Waals surface area (Å²) >= 11 is 0. The van der Waals surface area contributed by atoms with Gasteiger partial charge in [0.05, 0.1) is 0 Å². The number of carbonyl (C=O) groups is 1. The van der Waals surface area contributed by atoms with E-state index in [9.17, 15) is 9.36 Å². The molecule has 0 saturated carbocycles. The minimum atomic E-state index is -3.31. The summed E-state index contributed by atoms with van der Waals surface area (Å²) in [6.45, 7) is 0.683. The summed E-state index contributed by atoms with van der Waals surface area (Å²) in [5, 5.41) is 0. The largest absolute Gasteiger partial charge is 0.445 e. The van der Waals surface area contributed by atoms with Crippen molar-refractivity contribution in [2.24, 2.45) is 0 Å². The predicted molar refractivity (Wildman–Crippen MR) is 78.0 cm³/mol. The van der Waals surface area contributed by atoms with Crippen molar-refractivity contribution in [3.63, 3.8) is 0 Å². The normalized spacial score (nSPS) is 18.8.